The summed E-state index contributed by atoms with van der Waals surface area (Å²) in [5.41, 5.74) is 0.960. The average Bonchev–Trinajstić information content (AvgIpc) is 2.49. The highest BCUT2D eigenvalue weighted by molar-refractivity contribution is 5.85. The van der Waals surface area contributed by atoms with Crippen LogP contribution in [-0.2, 0) is 4.79 Å². The summed E-state index contributed by atoms with van der Waals surface area (Å²) in [6.07, 6.45) is 4.08. The molecule has 0 saturated heterocycles. The van der Waals surface area contributed by atoms with Crippen LogP contribution in [0.25, 0.3) is 0 Å². The molecule has 1 amide bonds. The van der Waals surface area contributed by atoms with E-state index in [-0.39, 0.29) is 17.9 Å². The van der Waals surface area contributed by atoms with Crippen molar-refractivity contribution in [2.75, 3.05) is 6.61 Å². The predicted octanol–water partition coefficient (Wildman–Crippen LogP) is 1.97. The minimum absolute atomic E-state index is 0.0201. The van der Waals surface area contributed by atoms with E-state index in [4.69, 9.17) is 4.74 Å². The van der Waals surface area contributed by atoms with E-state index in [1.807, 2.05) is 24.3 Å². The molecule has 1 saturated carbocycles. The molecular formula is C16H21NO3. The lowest BCUT2D eigenvalue weighted by Crippen LogP contribution is -2.47. The van der Waals surface area contributed by atoms with Crippen molar-refractivity contribution in [2.24, 2.45) is 0 Å². The van der Waals surface area contributed by atoms with E-state index in [0.29, 0.717) is 13.0 Å². The molecule has 108 valence electrons. The fourth-order valence-corrected chi connectivity index (χ4v) is 3.18. The zero-order valence-corrected chi connectivity index (χ0v) is 11.5. The smallest absolute Gasteiger partial charge is 0.228 e. The van der Waals surface area contributed by atoms with Gasteiger partial charge in [-0.1, -0.05) is 31.0 Å². The third-order valence-electron chi connectivity index (χ3n) is 4.33. The van der Waals surface area contributed by atoms with Crippen molar-refractivity contribution in [3.8, 4) is 5.75 Å². The number of aliphatic hydroxyl groups is 1. The summed E-state index contributed by atoms with van der Waals surface area (Å²) in [5.74, 6) is 0.670. The molecule has 3 rings (SSSR count). The first kappa shape index (κ1) is 13.4. The molecule has 2 N–H and O–H groups in total. The minimum Gasteiger partial charge on any atom is -0.493 e. The van der Waals surface area contributed by atoms with E-state index in [1.54, 1.807) is 0 Å². The number of amides is 1. The van der Waals surface area contributed by atoms with Gasteiger partial charge in [-0.25, -0.2) is 0 Å². The lowest BCUT2D eigenvalue weighted by atomic mass is 9.89. The molecular weight excluding hydrogens is 254 g/mol. The topological polar surface area (TPSA) is 58.6 Å². The maximum Gasteiger partial charge on any atom is 0.228 e. The Bertz CT molecular complexity index is 488. The summed E-state index contributed by atoms with van der Waals surface area (Å²) in [4.78, 5) is 12.5. The Morgan fingerprint density at radius 2 is 2.00 bits per heavy atom. The highest BCUT2D eigenvalue weighted by Gasteiger charge is 2.31. The van der Waals surface area contributed by atoms with Gasteiger partial charge < -0.3 is 15.2 Å². The van der Waals surface area contributed by atoms with Crippen LogP contribution in [0.4, 0.5) is 0 Å². The van der Waals surface area contributed by atoms with Crippen molar-refractivity contribution in [3.05, 3.63) is 29.8 Å². The summed E-state index contributed by atoms with van der Waals surface area (Å²) in [6, 6.07) is 7.62. The summed E-state index contributed by atoms with van der Waals surface area (Å²) in [6.45, 7) is 0.572. The third kappa shape index (κ3) is 2.66. The number of carbonyl (C=O) groups is 1. The molecule has 4 heteroatoms. The van der Waals surface area contributed by atoms with E-state index in [0.717, 1.165) is 37.0 Å². The van der Waals surface area contributed by atoms with Gasteiger partial charge in [0.2, 0.25) is 5.91 Å². The Kier molecular flexibility index (Phi) is 3.92. The fraction of sp³-hybridized carbons (Fsp3) is 0.562. The molecule has 1 aliphatic carbocycles. The van der Waals surface area contributed by atoms with E-state index in [2.05, 4.69) is 5.32 Å². The van der Waals surface area contributed by atoms with Gasteiger partial charge in [0, 0.05) is 5.56 Å². The van der Waals surface area contributed by atoms with Crippen LogP contribution < -0.4 is 10.1 Å². The van der Waals surface area contributed by atoms with Gasteiger partial charge in [0.15, 0.2) is 0 Å². The van der Waals surface area contributed by atoms with Crippen molar-refractivity contribution < 1.29 is 14.6 Å². The van der Waals surface area contributed by atoms with Gasteiger partial charge in [-0.05, 0) is 25.3 Å². The number of hydrogen-bond donors (Lipinski definition) is 2. The second-order valence-corrected chi connectivity index (χ2v) is 5.69. The van der Waals surface area contributed by atoms with Crippen molar-refractivity contribution in [2.45, 2.75) is 50.2 Å². The Balaban J connectivity index is 1.72. The monoisotopic (exact) mass is 275 g/mol. The van der Waals surface area contributed by atoms with Crippen LogP contribution in [0.2, 0.25) is 0 Å². The maximum absolute atomic E-state index is 12.5. The first-order valence-corrected chi connectivity index (χ1v) is 7.46. The number of ether oxygens (including phenoxy) is 1. The summed E-state index contributed by atoms with van der Waals surface area (Å²) in [5, 5.41) is 13.0. The molecule has 1 aliphatic heterocycles. The molecule has 3 atom stereocenters. The number of rotatable bonds is 2. The number of hydrogen-bond acceptors (Lipinski definition) is 3. The molecule has 0 radical (unpaired) electrons. The summed E-state index contributed by atoms with van der Waals surface area (Å²) < 4.78 is 5.59. The minimum atomic E-state index is -0.400. The average molecular weight is 275 g/mol. The third-order valence-corrected chi connectivity index (χ3v) is 4.33. The van der Waals surface area contributed by atoms with Crippen LogP contribution >= 0.6 is 0 Å². The normalized spacial score (nSPS) is 29.1. The summed E-state index contributed by atoms with van der Waals surface area (Å²) >= 11 is 0. The number of fused-ring (bicyclic) bond motifs is 1. The standard InChI is InChI=1S/C16H21NO3/c18-14-7-3-2-6-13(14)17-16(19)12-9-10-20-15-8-4-1-5-11(12)15/h1,4-5,8,12-14,18H,2-3,6-7,9-10H2,(H,17,19)/t12?,13-,14-/m0/s1. The van der Waals surface area contributed by atoms with Crippen molar-refractivity contribution in [1.82, 2.24) is 5.32 Å². The number of nitrogens with one attached hydrogen (secondary N) is 1. The maximum atomic E-state index is 12.5. The lowest BCUT2D eigenvalue weighted by molar-refractivity contribution is -0.125. The fourth-order valence-electron chi connectivity index (χ4n) is 3.18. The largest absolute Gasteiger partial charge is 0.493 e. The second kappa shape index (κ2) is 5.83. The SMILES string of the molecule is O=C(N[C@H]1CCCC[C@@H]1O)C1CCOc2ccccc21. The van der Waals surface area contributed by atoms with E-state index < -0.39 is 6.10 Å². The number of benzene rings is 1. The predicted molar refractivity (Wildman–Crippen MR) is 75.7 cm³/mol. The zero-order chi connectivity index (χ0) is 13.9. The number of para-hydroxylation sites is 1. The van der Waals surface area contributed by atoms with Crippen LogP contribution in [0.15, 0.2) is 24.3 Å². The highest BCUT2D eigenvalue weighted by Crippen LogP contribution is 2.33. The highest BCUT2D eigenvalue weighted by atomic mass is 16.5. The second-order valence-electron chi connectivity index (χ2n) is 5.69. The Morgan fingerprint density at radius 3 is 2.85 bits per heavy atom. The zero-order valence-electron chi connectivity index (χ0n) is 11.5. The first-order chi connectivity index (χ1) is 9.75. The molecule has 0 aromatic heterocycles. The number of aliphatic hydroxyl groups excluding tert-OH is 1. The molecule has 1 fully saturated rings. The lowest BCUT2D eigenvalue weighted by Gasteiger charge is -2.31. The van der Waals surface area contributed by atoms with Gasteiger partial charge in [-0.15, -0.1) is 0 Å². The van der Waals surface area contributed by atoms with Crippen molar-refractivity contribution in [3.63, 3.8) is 0 Å². The van der Waals surface area contributed by atoms with Crippen molar-refractivity contribution >= 4 is 5.91 Å². The molecule has 1 unspecified atom stereocenters. The van der Waals surface area contributed by atoms with Gasteiger partial charge in [-0.3, -0.25) is 4.79 Å². The van der Waals surface area contributed by atoms with Gasteiger partial charge in [0.05, 0.1) is 24.7 Å². The molecule has 1 heterocycles. The number of carbonyl (C=O) groups excluding carboxylic acids is 1. The molecule has 4 nitrogen and oxygen atoms in total. The van der Waals surface area contributed by atoms with E-state index in [1.165, 1.54) is 0 Å². The van der Waals surface area contributed by atoms with Gasteiger partial charge >= 0.3 is 0 Å². The van der Waals surface area contributed by atoms with Gasteiger partial charge in [0.25, 0.3) is 0 Å². The molecule has 1 aromatic rings. The van der Waals surface area contributed by atoms with Crippen LogP contribution in [0, 0.1) is 0 Å². The Labute approximate surface area is 119 Å². The molecule has 20 heavy (non-hydrogen) atoms. The molecule has 1 aromatic carbocycles. The Morgan fingerprint density at radius 1 is 1.20 bits per heavy atom. The van der Waals surface area contributed by atoms with Crippen LogP contribution in [0.3, 0.4) is 0 Å². The van der Waals surface area contributed by atoms with E-state index >= 15 is 0 Å². The van der Waals surface area contributed by atoms with Gasteiger partial charge in [0.1, 0.15) is 5.75 Å². The van der Waals surface area contributed by atoms with Crippen LogP contribution in [0.1, 0.15) is 43.6 Å². The quantitative estimate of drug-likeness (QED) is 0.867. The summed E-state index contributed by atoms with van der Waals surface area (Å²) in [7, 11) is 0. The van der Waals surface area contributed by atoms with Crippen LogP contribution in [-0.4, -0.2) is 29.8 Å². The van der Waals surface area contributed by atoms with Crippen LogP contribution in [0.5, 0.6) is 5.75 Å². The van der Waals surface area contributed by atoms with Gasteiger partial charge in [-0.2, -0.15) is 0 Å². The first-order valence-electron chi connectivity index (χ1n) is 7.46. The van der Waals surface area contributed by atoms with E-state index in [9.17, 15) is 9.90 Å². The molecule has 0 bridgehead atoms. The van der Waals surface area contributed by atoms with Crippen molar-refractivity contribution in [1.29, 1.82) is 0 Å². The Hall–Kier alpha value is -1.55. The molecule has 2 aliphatic rings. The molecule has 0 spiro atoms.